The summed E-state index contributed by atoms with van der Waals surface area (Å²) in [6.45, 7) is 5.58. The zero-order valence-corrected chi connectivity index (χ0v) is 11.4. The Morgan fingerprint density at radius 1 is 1.47 bits per heavy atom. The molecule has 0 saturated heterocycles. The van der Waals surface area contributed by atoms with Crippen LogP contribution in [0.25, 0.3) is 0 Å². The summed E-state index contributed by atoms with van der Waals surface area (Å²) in [5, 5.41) is 2.92. The fourth-order valence-corrected chi connectivity index (χ4v) is 1.58. The third kappa shape index (κ3) is 8.12. The maximum absolute atomic E-state index is 11.7. The van der Waals surface area contributed by atoms with Crippen LogP contribution in [0.2, 0.25) is 0 Å². The van der Waals surface area contributed by atoms with Crippen LogP contribution in [0.15, 0.2) is 0 Å². The molecule has 0 saturated carbocycles. The number of hydrogen-bond acceptors (Lipinski definition) is 4. The van der Waals surface area contributed by atoms with Gasteiger partial charge >= 0.3 is 0 Å². The summed E-state index contributed by atoms with van der Waals surface area (Å²) in [4.78, 5) is 13.9. The van der Waals surface area contributed by atoms with Crippen molar-refractivity contribution < 1.29 is 9.53 Å². The molecule has 0 aliphatic rings. The summed E-state index contributed by atoms with van der Waals surface area (Å²) in [6.07, 6.45) is 1.85. The van der Waals surface area contributed by atoms with Gasteiger partial charge in [-0.1, -0.05) is 13.3 Å². The van der Waals surface area contributed by atoms with Crippen LogP contribution >= 0.6 is 0 Å². The van der Waals surface area contributed by atoms with Crippen LogP contribution in [0.1, 0.15) is 19.8 Å². The first-order chi connectivity index (χ1) is 8.15. The van der Waals surface area contributed by atoms with Crippen LogP contribution in [0.3, 0.4) is 0 Å². The zero-order chi connectivity index (χ0) is 13.1. The Hall–Kier alpha value is -0.650. The summed E-state index contributed by atoms with van der Waals surface area (Å²) in [7, 11) is 3.70. The number of nitrogens with two attached hydrogens (primary N) is 1. The predicted molar refractivity (Wildman–Crippen MR) is 69.8 cm³/mol. The molecule has 0 rings (SSSR count). The van der Waals surface area contributed by atoms with Crippen LogP contribution in [0.5, 0.6) is 0 Å². The molecule has 0 fully saturated rings. The van der Waals surface area contributed by atoms with Gasteiger partial charge in [-0.2, -0.15) is 0 Å². The Bertz CT molecular complexity index is 200. The number of nitrogens with zero attached hydrogens (tertiary/aromatic N) is 1. The van der Waals surface area contributed by atoms with E-state index < -0.39 is 0 Å². The summed E-state index contributed by atoms with van der Waals surface area (Å²) >= 11 is 0. The number of carbonyl (C=O) groups is 1. The molecule has 0 aliphatic heterocycles. The minimum absolute atomic E-state index is 0.0377. The van der Waals surface area contributed by atoms with Gasteiger partial charge in [0.2, 0.25) is 5.91 Å². The first-order valence-electron chi connectivity index (χ1n) is 6.30. The maximum Gasteiger partial charge on any atom is 0.224 e. The van der Waals surface area contributed by atoms with Gasteiger partial charge in [-0.05, 0) is 13.5 Å². The summed E-state index contributed by atoms with van der Waals surface area (Å²) in [5.41, 5.74) is 5.57. The molecule has 0 aromatic rings. The molecule has 1 unspecified atom stereocenters. The molecule has 0 radical (unpaired) electrons. The summed E-state index contributed by atoms with van der Waals surface area (Å²) in [6, 6.07) is 0. The van der Waals surface area contributed by atoms with Gasteiger partial charge in [0, 0.05) is 33.3 Å². The summed E-state index contributed by atoms with van der Waals surface area (Å²) < 4.78 is 4.98. The third-order valence-electron chi connectivity index (χ3n) is 2.76. The van der Waals surface area contributed by atoms with Gasteiger partial charge in [-0.15, -0.1) is 0 Å². The largest absolute Gasteiger partial charge is 0.383 e. The third-order valence-corrected chi connectivity index (χ3v) is 2.76. The molecule has 102 valence electrons. The van der Waals surface area contributed by atoms with E-state index in [-0.39, 0.29) is 11.8 Å². The van der Waals surface area contributed by atoms with Crippen molar-refractivity contribution in [3.8, 4) is 0 Å². The average molecular weight is 245 g/mol. The van der Waals surface area contributed by atoms with Gasteiger partial charge in [0.15, 0.2) is 0 Å². The van der Waals surface area contributed by atoms with E-state index in [0.29, 0.717) is 19.7 Å². The lowest BCUT2D eigenvalue weighted by molar-refractivity contribution is -0.124. The number of methoxy groups -OCH3 is 1. The van der Waals surface area contributed by atoms with E-state index in [0.717, 1.165) is 25.9 Å². The molecule has 0 bridgehead atoms. The van der Waals surface area contributed by atoms with Crippen molar-refractivity contribution >= 4 is 5.91 Å². The van der Waals surface area contributed by atoms with Crippen LogP contribution in [-0.2, 0) is 9.53 Å². The number of amides is 1. The smallest absolute Gasteiger partial charge is 0.224 e. The van der Waals surface area contributed by atoms with Gasteiger partial charge in [0.05, 0.1) is 12.5 Å². The lowest BCUT2D eigenvalue weighted by atomic mass is 10.0. The van der Waals surface area contributed by atoms with Crippen molar-refractivity contribution in [3.63, 3.8) is 0 Å². The van der Waals surface area contributed by atoms with E-state index in [1.807, 2.05) is 7.05 Å². The van der Waals surface area contributed by atoms with Crippen molar-refractivity contribution in [1.82, 2.24) is 10.2 Å². The Morgan fingerprint density at radius 3 is 2.71 bits per heavy atom. The molecule has 0 spiro atoms. The maximum atomic E-state index is 11.7. The van der Waals surface area contributed by atoms with Crippen LogP contribution in [-0.4, -0.2) is 57.8 Å². The number of carbonyl (C=O) groups excluding carboxylic acids is 1. The van der Waals surface area contributed by atoms with Crippen molar-refractivity contribution in [3.05, 3.63) is 0 Å². The van der Waals surface area contributed by atoms with Gasteiger partial charge in [0.1, 0.15) is 0 Å². The Labute approximate surface area is 105 Å². The molecule has 3 N–H and O–H groups in total. The Kier molecular flexibility index (Phi) is 10.1. The molecule has 5 heteroatoms. The van der Waals surface area contributed by atoms with Crippen molar-refractivity contribution in [2.24, 2.45) is 11.7 Å². The highest BCUT2D eigenvalue weighted by atomic mass is 16.5. The fourth-order valence-electron chi connectivity index (χ4n) is 1.58. The number of rotatable bonds is 10. The normalized spacial score (nSPS) is 12.8. The molecule has 17 heavy (non-hydrogen) atoms. The first-order valence-corrected chi connectivity index (χ1v) is 6.30. The second kappa shape index (κ2) is 10.5. The van der Waals surface area contributed by atoms with E-state index in [2.05, 4.69) is 17.1 Å². The number of ether oxygens (including phenoxy) is 1. The highest BCUT2D eigenvalue weighted by molar-refractivity contribution is 5.78. The van der Waals surface area contributed by atoms with E-state index in [1.54, 1.807) is 7.11 Å². The lowest BCUT2D eigenvalue weighted by Gasteiger charge is -2.18. The van der Waals surface area contributed by atoms with E-state index in [9.17, 15) is 4.79 Å². The lowest BCUT2D eigenvalue weighted by Crippen LogP contribution is -2.39. The number of hydrogen-bond donors (Lipinski definition) is 2. The molecule has 0 aliphatic carbocycles. The van der Waals surface area contributed by atoms with Crippen molar-refractivity contribution in [2.45, 2.75) is 19.8 Å². The molecule has 1 amide bonds. The highest BCUT2D eigenvalue weighted by Crippen LogP contribution is 2.03. The quantitative estimate of drug-likeness (QED) is 0.571. The second-order valence-electron chi connectivity index (χ2n) is 4.31. The van der Waals surface area contributed by atoms with Crippen LogP contribution < -0.4 is 11.1 Å². The molecular formula is C12H27N3O2. The van der Waals surface area contributed by atoms with Crippen LogP contribution in [0, 0.1) is 5.92 Å². The second-order valence-corrected chi connectivity index (χ2v) is 4.31. The van der Waals surface area contributed by atoms with E-state index >= 15 is 0 Å². The highest BCUT2D eigenvalue weighted by Gasteiger charge is 2.14. The van der Waals surface area contributed by atoms with Gasteiger partial charge < -0.3 is 20.7 Å². The summed E-state index contributed by atoms with van der Waals surface area (Å²) in [5.74, 6) is 0.0405. The number of likely N-dealkylation sites (N-methyl/N-ethyl adjacent to an activating group) is 1. The average Bonchev–Trinajstić information content (AvgIpc) is 2.33. The standard InChI is InChI=1S/C12H27N3O2/c1-4-5-11(10-13)12(16)14-6-7-15(2)8-9-17-3/h11H,4-10,13H2,1-3H3,(H,14,16). The predicted octanol–water partition coefficient (Wildman–Crippen LogP) is 0.0558. The molecular weight excluding hydrogens is 218 g/mol. The van der Waals surface area contributed by atoms with E-state index in [1.165, 1.54) is 0 Å². The SMILES string of the molecule is CCCC(CN)C(=O)NCCN(C)CCOC. The Morgan fingerprint density at radius 2 is 2.18 bits per heavy atom. The van der Waals surface area contributed by atoms with E-state index in [4.69, 9.17) is 10.5 Å². The van der Waals surface area contributed by atoms with Crippen LogP contribution in [0.4, 0.5) is 0 Å². The molecule has 1 atom stereocenters. The zero-order valence-electron chi connectivity index (χ0n) is 11.4. The topological polar surface area (TPSA) is 67.6 Å². The van der Waals surface area contributed by atoms with Crippen molar-refractivity contribution in [1.29, 1.82) is 0 Å². The minimum Gasteiger partial charge on any atom is -0.383 e. The molecule has 0 heterocycles. The molecule has 0 aromatic carbocycles. The van der Waals surface area contributed by atoms with Gasteiger partial charge in [-0.25, -0.2) is 0 Å². The van der Waals surface area contributed by atoms with Gasteiger partial charge in [0.25, 0.3) is 0 Å². The monoisotopic (exact) mass is 245 g/mol. The van der Waals surface area contributed by atoms with Crippen molar-refractivity contribution in [2.75, 3.05) is 46.9 Å². The number of nitrogens with one attached hydrogen (secondary N) is 1. The minimum atomic E-state index is -0.0377. The van der Waals surface area contributed by atoms with Gasteiger partial charge in [-0.3, -0.25) is 4.79 Å². The first kappa shape index (κ1) is 16.4. The Balaban J connectivity index is 3.68. The molecule has 0 aromatic heterocycles. The fraction of sp³-hybridized carbons (Fsp3) is 0.917. The molecule has 5 nitrogen and oxygen atoms in total.